The third-order valence-corrected chi connectivity index (χ3v) is 3.19. The average Bonchev–Trinajstić information content (AvgIpc) is 2.30. The van der Waals surface area contributed by atoms with Crippen molar-refractivity contribution in [1.82, 2.24) is 9.88 Å². The molecule has 1 aliphatic heterocycles. The second-order valence-corrected chi connectivity index (χ2v) is 5.12. The Morgan fingerprint density at radius 3 is 3.00 bits per heavy atom. The number of aromatic nitrogens is 1. The summed E-state index contributed by atoms with van der Waals surface area (Å²) in [7, 11) is 0. The molecular weight excluding hydrogens is 214 g/mol. The number of nitrogens with zero attached hydrogens (tertiary/aromatic N) is 2. The van der Waals surface area contributed by atoms with Crippen molar-refractivity contribution in [3.8, 4) is 0 Å². The zero-order chi connectivity index (χ0) is 12.3. The van der Waals surface area contributed by atoms with Gasteiger partial charge < -0.3 is 10.5 Å². The van der Waals surface area contributed by atoms with E-state index in [1.807, 2.05) is 12.3 Å². The van der Waals surface area contributed by atoms with Gasteiger partial charge in [0.25, 0.3) is 0 Å². The second-order valence-electron chi connectivity index (χ2n) is 5.12. The zero-order valence-corrected chi connectivity index (χ0v) is 10.6. The van der Waals surface area contributed by atoms with Crippen molar-refractivity contribution in [3.63, 3.8) is 0 Å². The number of hydrogen-bond donors (Lipinski definition) is 1. The van der Waals surface area contributed by atoms with Gasteiger partial charge in [-0.3, -0.25) is 9.88 Å². The summed E-state index contributed by atoms with van der Waals surface area (Å²) in [5, 5.41) is 0. The monoisotopic (exact) mass is 235 g/mol. The first-order chi connectivity index (χ1) is 8.12. The molecule has 94 valence electrons. The fourth-order valence-corrected chi connectivity index (χ4v) is 2.39. The molecular formula is C13H21N3O. The maximum atomic E-state index is 5.91. The van der Waals surface area contributed by atoms with Crippen LogP contribution in [0.4, 0.5) is 0 Å². The van der Waals surface area contributed by atoms with Gasteiger partial charge in [-0.15, -0.1) is 0 Å². The largest absolute Gasteiger partial charge is 0.373 e. The molecule has 1 aromatic rings. The summed E-state index contributed by atoms with van der Waals surface area (Å²) in [6.07, 6.45) is 3.69. The van der Waals surface area contributed by atoms with Crippen molar-refractivity contribution in [2.45, 2.75) is 25.5 Å². The van der Waals surface area contributed by atoms with E-state index >= 15 is 0 Å². The number of ether oxygens (including phenoxy) is 1. The molecule has 17 heavy (non-hydrogen) atoms. The molecule has 1 fully saturated rings. The van der Waals surface area contributed by atoms with Gasteiger partial charge in [-0.25, -0.2) is 0 Å². The number of hydrogen-bond acceptors (Lipinski definition) is 4. The van der Waals surface area contributed by atoms with Gasteiger partial charge in [-0.1, -0.05) is 6.07 Å². The lowest BCUT2D eigenvalue weighted by atomic mass is 10.0. The average molecular weight is 235 g/mol. The third kappa shape index (κ3) is 3.03. The predicted octanol–water partition coefficient (Wildman–Crippen LogP) is 1.19. The molecule has 1 aromatic heterocycles. The second kappa shape index (κ2) is 5.12. The Balaban J connectivity index is 2.13. The topological polar surface area (TPSA) is 51.4 Å². The minimum Gasteiger partial charge on any atom is -0.373 e. The lowest BCUT2D eigenvalue weighted by Gasteiger charge is -2.42. The van der Waals surface area contributed by atoms with Gasteiger partial charge in [0.1, 0.15) is 0 Å². The molecule has 0 amide bonds. The fraction of sp³-hybridized carbons (Fsp3) is 0.615. The number of nitrogens with two attached hydrogens (primary N) is 1. The summed E-state index contributed by atoms with van der Waals surface area (Å²) in [6, 6.07) is 4.29. The first-order valence-electron chi connectivity index (χ1n) is 6.10. The molecule has 0 aromatic carbocycles. The first-order valence-corrected chi connectivity index (χ1v) is 6.10. The normalized spacial score (nSPS) is 22.3. The van der Waals surface area contributed by atoms with Crippen LogP contribution in [0, 0.1) is 0 Å². The molecule has 1 atom stereocenters. The van der Waals surface area contributed by atoms with Gasteiger partial charge >= 0.3 is 0 Å². The maximum absolute atomic E-state index is 5.91. The smallest absolute Gasteiger partial charge is 0.0753 e. The third-order valence-electron chi connectivity index (χ3n) is 3.19. The predicted molar refractivity (Wildman–Crippen MR) is 67.6 cm³/mol. The van der Waals surface area contributed by atoms with Crippen LogP contribution in [0.2, 0.25) is 0 Å². The van der Waals surface area contributed by atoms with E-state index in [1.165, 1.54) is 5.56 Å². The number of pyridine rings is 1. The van der Waals surface area contributed by atoms with Crippen LogP contribution >= 0.6 is 0 Å². The van der Waals surface area contributed by atoms with E-state index in [9.17, 15) is 0 Å². The molecule has 1 saturated heterocycles. The zero-order valence-electron chi connectivity index (χ0n) is 10.6. The standard InChI is InChI=1S/C13H21N3O/c1-13(2)10-16(6-7-17-13)12(8-14)11-4-3-5-15-9-11/h3-5,9,12H,6-8,10,14H2,1-2H3. The van der Waals surface area contributed by atoms with E-state index in [2.05, 4.69) is 29.8 Å². The maximum Gasteiger partial charge on any atom is 0.0753 e. The molecule has 0 spiro atoms. The van der Waals surface area contributed by atoms with Gasteiger partial charge in [0.15, 0.2) is 0 Å². The first kappa shape index (κ1) is 12.5. The van der Waals surface area contributed by atoms with Crippen LogP contribution in [0.25, 0.3) is 0 Å². The molecule has 4 heteroatoms. The van der Waals surface area contributed by atoms with Gasteiger partial charge in [0, 0.05) is 38.1 Å². The van der Waals surface area contributed by atoms with Gasteiger partial charge in [-0.2, -0.15) is 0 Å². The Labute approximate surface area is 103 Å². The van der Waals surface area contributed by atoms with Gasteiger partial charge in [0.2, 0.25) is 0 Å². The summed E-state index contributed by atoms with van der Waals surface area (Å²) in [6.45, 7) is 7.46. The summed E-state index contributed by atoms with van der Waals surface area (Å²) >= 11 is 0. The van der Waals surface area contributed by atoms with Gasteiger partial charge in [0.05, 0.1) is 12.2 Å². The molecule has 2 heterocycles. The molecule has 1 unspecified atom stereocenters. The van der Waals surface area contributed by atoms with Crippen LogP contribution in [0.5, 0.6) is 0 Å². The van der Waals surface area contributed by atoms with Crippen LogP contribution in [-0.4, -0.2) is 41.7 Å². The molecule has 0 radical (unpaired) electrons. The highest BCUT2D eigenvalue weighted by molar-refractivity contribution is 5.15. The highest BCUT2D eigenvalue weighted by atomic mass is 16.5. The Bertz CT molecular complexity index is 353. The van der Waals surface area contributed by atoms with Crippen molar-refractivity contribution in [2.75, 3.05) is 26.2 Å². The van der Waals surface area contributed by atoms with E-state index in [0.29, 0.717) is 6.54 Å². The molecule has 0 aliphatic carbocycles. The van der Waals surface area contributed by atoms with Crippen LogP contribution < -0.4 is 5.73 Å². The van der Waals surface area contributed by atoms with Crippen molar-refractivity contribution < 1.29 is 4.74 Å². The van der Waals surface area contributed by atoms with E-state index in [4.69, 9.17) is 10.5 Å². The fourth-order valence-electron chi connectivity index (χ4n) is 2.39. The minimum absolute atomic E-state index is 0.0894. The highest BCUT2D eigenvalue weighted by Gasteiger charge is 2.31. The summed E-state index contributed by atoms with van der Waals surface area (Å²) in [5.74, 6) is 0. The lowest BCUT2D eigenvalue weighted by molar-refractivity contribution is -0.0967. The van der Waals surface area contributed by atoms with Crippen molar-refractivity contribution in [1.29, 1.82) is 0 Å². The van der Waals surface area contributed by atoms with E-state index in [-0.39, 0.29) is 11.6 Å². The van der Waals surface area contributed by atoms with Crippen molar-refractivity contribution >= 4 is 0 Å². The van der Waals surface area contributed by atoms with Gasteiger partial charge in [-0.05, 0) is 25.5 Å². The van der Waals surface area contributed by atoms with Crippen LogP contribution in [0.15, 0.2) is 24.5 Å². The summed E-state index contributed by atoms with van der Waals surface area (Å²) in [4.78, 5) is 6.56. The summed E-state index contributed by atoms with van der Waals surface area (Å²) < 4.78 is 5.73. The summed E-state index contributed by atoms with van der Waals surface area (Å²) in [5.41, 5.74) is 7.01. The van der Waals surface area contributed by atoms with E-state index in [1.54, 1.807) is 6.20 Å². The Morgan fingerprint density at radius 1 is 1.59 bits per heavy atom. The van der Waals surface area contributed by atoms with Crippen LogP contribution in [0.3, 0.4) is 0 Å². The highest BCUT2D eigenvalue weighted by Crippen LogP contribution is 2.25. The SMILES string of the molecule is CC1(C)CN(C(CN)c2cccnc2)CCO1. The van der Waals surface area contributed by atoms with Crippen molar-refractivity contribution in [3.05, 3.63) is 30.1 Å². The molecule has 0 bridgehead atoms. The molecule has 4 nitrogen and oxygen atoms in total. The Kier molecular flexibility index (Phi) is 3.76. The van der Waals surface area contributed by atoms with Crippen molar-refractivity contribution in [2.24, 2.45) is 5.73 Å². The molecule has 1 aliphatic rings. The number of morpholine rings is 1. The van der Waals surface area contributed by atoms with Crippen LogP contribution in [0.1, 0.15) is 25.5 Å². The van der Waals surface area contributed by atoms with E-state index < -0.39 is 0 Å². The minimum atomic E-state index is -0.0894. The lowest BCUT2D eigenvalue weighted by Crippen LogP contribution is -2.50. The molecule has 0 saturated carbocycles. The quantitative estimate of drug-likeness (QED) is 0.855. The molecule has 2 rings (SSSR count). The van der Waals surface area contributed by atoms with E-state index in [0.717, 1.165) is 19.7 Å². The number of rotatable bonds is 3. The van der Waals surface area contributed by atoms with Crippen LogP contribution in [-0.2, 0) is 4.74 Å². The Morgan fingerprint density at radius 2 is 2.41 bits per heavy atom. The Hall–Kier alpha value is -0.970. The molecule has 2 N–H and O–H groups in total.